The number of amides is 1. The van der Waals surface area contributed by atoms with Gasteiger partial charge in [-0.2, -0.15) is 4.31 Å². The maximum absolute atomic E-state index is 12.8. The van der Waals surface area contributed by atoms with Crippen LogP contribution < -0.4 is 5.32 Å². The van der Waals surface area contributed by atoms with Crippen molar-refractivity contribution in [2.24, 2.45) is 0 Å². The number of benzene rings is 2. The lowest BCUT2D eigenvalue weighted by Crippen LogP contribution is -2.50. The lowest BCUT2D eigenvalue weighted by atomic mass is 10.1. The number of piperazine rings is 1. The van der Waals surface area contributed by atoms with E-state index >= 15 is 0 Å². The SMILES string of the molecule is Cc1cccc(C)c1NC(=O)CN1CCN(S(=O)(=O)c2cccc([N+](=O)[O-])c2)CC1. The summed E-state index contributed by atoms with van der Waals surface area (Å²) in [5, 5.41) is 13.9. The van der Waals surface area contributed by atoms with Gasteiger partial charge >= 0.3 is 0 Å². The Hall–Kier alpha value is -2.82. The molecular weight excluding hydrogens is 408 g/mol. The number of para-hydroxylation sites is 1. The second-order valence-corrected chi connectivity index (χ2v) is 9.19. The van der Waals surface area contributed by atoms with Gasteiger partial charge in [0.1, 0.15) is 0 Å². The Kier molecular flexibility index (Phi) is 6.49. The number of carbonyl (C=O) groups is 1. The first-order chi connectivity index (χ1) is 14.2. The molecule has 160 valence electrons. The van der Waals surface area contributed by atoms with Crippen LogP contribution in [0, 0.1) is 24.0 Å². The second kappa shape index (κ2) is 8.90. The standard InChI is InChI=1S/C20H24N4O5S/c1-15-5-3-6-16(2)20(15)21-19(25)14-22-9-11-23(12-10-22)30(28,29)18-8-4-7-17(13-18)24(26)27/h3-8,13H,9-12,14H2,1-2H3,(H,21,25). The van der Waals surface area contributed by atoms with Crippen LogP contribution in [0.15, 0.2) is 47.4 Å². The molecule has 1 amide bonds. The van der Waals surface area contributed by atoms with Gasteiger partial charge in [-0.15, -0.1) is 0 Å². The smallest absolute Gasteiger partial charge is 0.270 e. The summed E-state index contributed by atoms with van der Waals surface area (Å²) in [7, 11) is -3.83. The Balaban J connectivity index is 1.60. The molecule has 2 aromatic carbocycles. The van der Waals surface area contributed by atoms with Crippen LogP contribution in [0.2, 0.25) is 0 Å². The third-order valence-corrected chi connectivity index (χ3v) is 7.00. The predicted octanol–water partition coefficient (Wildman–Crippen LogP) is 2.16. The summed E-state index contributed by atoms with van der Waals surface area (Å²) in [4.78, 5) is 24.5. The van der Waals surface area contributed by atoms with Gasteiger partial charge in [-0.1, -0.05) is 24.3 Å². The number of non-ortho nitro benzene ring substituents is 1. The fraction of sp³-hybridized carbons (Fsp3) is 0.350. The molecule has 2 aromatic rings. The van der Waals surface area contributed by atoms with E-state index in [-0.39, 0.29) is 36.1 Å². The quantitative estimate of drug-likeness (QED) is 0.553. The van der Waals surface area contributed by atoms with Crippen molar-refractivity contribution in [3.05, 3.63) is 63.7 Å². The largest absolute Gasteiger partial charge is 0.324 e. The van der Waals surface area contributed by atoms with Gasteiger partial charge in [-0.05, 0) is 31.0 Å². The van der Waals surface area contributed by atoms with E-state index in [1.807, 2.05) is 36.9 Å². The minimum Gasteiger partial charge on any atom is -0.324 e. The lowest BCUT2D eigenvalue weighted by Gasteiger charge is -2.33. The fourth-order valence-corrected chi connectivity index (χ4v) is 4.89. The predicted molar refractivity (Wildman–Crippen MR) is 113 cm³/mol. The summed E-state index contributed by atoms with van der Waals surface area (Å²) >= 11 is 0. The first kappa shape index (κ1) is 21.9. The number of nitrogens with zero attached hydrogens (tertiary/aromatic N) is 3. The Morgan fingerprint density at radius 3 is 2.27 bits per heavy atom. The Labute approximate surface area is 175 Å². The van der Waals surface area contributed by atoms with Gasteiger partial charge < -0.3 is 5.32 Å². The first-order valence-electron chi connectivity index (χ1n) is 9.51. The molecule has 1 fully saturated rings. The molecule has 0 unspecified atom stereocenters. The van der Waals surface area contributed by atoms with Crippen LogP contribution in [0.25, 0.3) is 0 Å². The minimum atomic E-state index is -3.83. The number of anilines is 1. The van der Waals surface area contributed by atoms with Gasteiger partial charge in [0.15, 0.2) is 0 Å². The van der Waals surface area contributed by atoms with E-state index in [0.717, 1.165) is 22.9 Å². The van der Waals surface area contributed by atoms with Crippen LogP contribution in [-0.2, 0) is 14.8 Å². The summed E-state index contributed by atoms with van der Waals surface area (Å²) in [6, 6.07) is 10.8. The number of nitro benzene ring substituents is 1. The molecule has 0 bridgehead atoms. The van der Waals surface area contributed by atoms with E-state index < -0.39 is 14.9 Å². The molecule has 1 saturated heterocycles. The van der Waals surface area contributed by atoms with Gasteiger partial charge in [0.2, 0.25) is 15.9 Å². The highest BCUT2D eigenvalue weighted by molar-refractivity contribution is 7.89. The van der Waals surface area contributed by atoms with Gasteiger partial charge in [-0.3, -0.25) is 19.8 Å². The molecule has 9 nitrogen and oxygen atoms in total. The van der Waals surface area contributed by atoms with Gasteiger partial charge in [-0.25, -0.2) is 8.42 Å². The normalized spacial score (nSPS) is 15.7. The third-order valence-electron chi connectivity index (χ3n) is 5.11. The van der Waals surface area contributed by atoms with Crippen LogP contribution in [0.3, 0.4) is 0 Å². The molecule has 0 aromatic heterocycles. The van der Waals surface area contributed by atoms with E-state index in [9.17, 15) is 23.3 Å². The van der Waals surface area contributed by atoms with Crippen LogP contribution in [0.4, 0.5) is 11.4 Å². The molecule has 0 saturated carbocycles. The Morgan fingerprint density at radius 1 is 1.07 bits per heavy atom. The van der Waals surface area contributed by atoms with Crippen molar-refractivity contribution in [3.8, 4) is 0 Å². The first-order valence-corrected chi connectivity index (χ1v) is 11.0. The number of nitrogens with one attached hydrogen (secondary N) is 1. The highest BCUT2D eigenvalue weighted by Crippen LogP contribution is 2.22. The number of nitro groups is 1. The van der Waals surface area contributed by atoms with Crippen molar-refractivity contribution in [2.45, 2.75) is 18.7 Å². The lowest BCUT2D eigenvalue weighted by molar-refractivity contribution is -0.385. The van der Waals surface area contributed by atoms with Crippen molar-refractivity contribution in [3.63, 3.8) is 0 Å². The molecule has 10 heteroatoms. The number of sulfonamides is 1. The second-order valence-electron chi connectivity index (χ2n) is 7.25. The zero-order chi connectivity index (χ0) is 21.9. The molecule has 0 aliphatic carbocycles. The van der Waals surface area contributed by atoms with Gasteiger partial charge in [0.05, 0.1) is 16.4 Å². The van der Waals surface area contributed by atoms with E-state index in [0.29, 0.717) is 13.1 Å². The van der Waals surface area contributed by atoms with Crippen molar-refractivity contribution in [2.75, 3.05) is 38.0 Å². The summed E-state index contributed by atoms with van der Waals surface area (Å²) in [6.45, 7) is 5.24. The number of aryl methyl sites for hydroxylation is 2. The van der Waals surface area contributed by atoms with Crippen LogP contribution in [0.5, 0.6) is 0 Å². The molecule has 0 spiro atoms. The summed E-state index contributed by atoms with van der Waals surface area (Å²) in [5.41, 5.74) is 2.50. The monoisotopic (exact) mass is 432 g/mol. The number of rotatable bonds is 6. The van der Waals surface area contributed by atoms with Crippen molar-refractivity contribution in [1.82, 2.24) is 9.21 Å². The zero-order valence-electron chi connectivity index (χ0n) is 16.9. The molecule has 3 rings (SSSR count). The molecule has 1 N–H and O–H groups in total. The highest BCUT2D eigenvalue weighted by Gasteiger charge is 2.30. The van der Waals surface area contributed by atoms with E-state index in [2.05, 4.69) is 5.32 Å². The molecular formula is C20H24N4O5S. The summed E-state index contributed by atoms with van der Waals surface area (Å²) in [6.07, 6.45) is 0. The third kappa shape index (κ3) is 4.84. The number of hydrogen-bond donors (Lipinski definition) is 1. The van der Waals surface area contributed by atoms with Gasteiger partial charge in [0, 0.05) is 44.0 Å². The number of hydrogen-bond acceptors (Lipinski definition) is 6. The molecule has 1 heterocycles. The topological polar surface area (TPSA) is 113 Å². The molecule has 1 aliphatic heterocycles. The molecule has 1 aliphatic rings. The molecule has 0 radical (unpaired) electrons. The maximum Gasteiger partial charge on any atom is 0.270 e. The Morgan fingerprint density at radius 2 is 1.67 bits per heavy atom. The van der Waals surface area contributed by atoms with Crippen LogP contribution in [-0.4, -0.2) is 61.2 Å². The van der Waals surface area contributed by atoms with Crippen molar-refractivity contribution < 1.29 is 18.1 Å². The van der Waals surface area contributed by atoms with Crippen LogP contribution >= 0.6 is 0 Å². The minimum absolute atomic E-state index is 0.0991. The Bertz CT molecular complexity index is 1040. The van der Waals surface area contributed by atoms with E-state index in [1.165, 1.54) is 22.5 Å². The fourth-order valence-electron chi connectivity index (χ4n) is 3.43. The highest BCUT2D eigenvalue weighted by atomic mass is 32.2. The van der Waals surface area contributed by atoms with Crippen molar-refractivity contribution >= 4 is 27.3 Å². The zero-order valence-corrected chi connectivity index (χ0v) is 17.7. The average molecular weight is 433 g/mol. The molecule has 0 atom stereocenters. The van der Waals surface area contributed by atoms with E-state index in [1.54, 1.807) is 0 Å². The summed E-state index contributed by atoms with van der Waals surface area (Å²) in [5.74, 6) is -0.151. The average Bonchev–Trinajstić information content (AvgIpc) is 2.71. The van der Waals surface area contributed by atoms with Gasteiger partial charge in [0.25, 0.3) is 5.69 Å². The summed E-state index contributed by atoms with van der Waals surface area (Å²) < 4.78 is 26.9. The molecule has 30 heavy (non-hydrogen) atoms. The number of carbonyl (C=O) groups excluding carboxylic acids is 1. The van der Waals surface area contributed by atoms with Crippen molar-refractivity contribution in [1.29, 1.82) is 0 Å². The van der Waals surface area contributed by atoms with Crippen LogP contribution in [0.1, 0.15) is 11.1 Å². The van der Waals surface area contributed by atoms with E-state index in [4.69, 9.17) is 0 Å². The maximum atomic E-state index is 12.8.